The minimum Gasteiger partial charge on any atom is -0.495 e. The number of rotatable bonds is 2. The maximum atomic E-state index is 13.3. The molecule has 1 aliphatic heterocycles. The van der Waals surface area contributed by atoms with Crippen molar-refractivity contribution in [1.82, 2.24) is 0 Å². The number of halogens is 2. The summed E-state index contributed by atoms with van der Waals surface area (Å²) in [6.07, 6.45) is 0.361. The Labute approximate surface area is 127 Å². The molecule has 1 heterocycles. The van der Waals surface area contributed by atoms with Gasteiger partial charge in [-0.05, 0) is 35.9 Å². The minimum absolute atomic E-state index is 0.207. The number of hydrogen-bond donors (Lipinski definition) is 1. The first-order valence-electron chi connectivity index (χ1n) is 6.63. The molecule has 0 bridgehead atoms. The molecule has 2 N–H and O–H groups in total. The smallest absolute Gasteiger partial charge is 0.137 e. The van der Waals surface area contributed by atoms with Crippen LogP contribution in [0.5, 0.6) is 11.5 Å². The molecule has 0 radical (unpaired) electrons. The molecular weight excluding hydrogens is 293 g/mol. The SMILES string of the molecule is COc1ccc(C2C[C@H](N)c3cc(F)ccc3O2)cc1Cl. The molecule has 1 unspecified atom stereocenters. The summed E-state index contributed by atoms with van der Waals surface area (Å²) in [6.45, 7) is 0. The summed E-state index contributed by atoms with van der Waals surface area (Å²) in [6, 6.07) is 9.65. The van der Waals surface area contributed by atoms with Crippen LogP contribution in [0.25, 0.3) is 0 Å². The monoisotopic (exact) mass is 307 g/mol. The topological polar surface area (TPSA) is 44.5 Å². The highest BCUT2D eigenvalue weighted by atomic mass is 35.5. The third-order valence-electron chi connectivity index (χ3n) is 3.66. The lowest BCUT2D eigenvalue weighted by Crippen LogP contribution is -2.24. The molecular formula is C16H15ClFNO2. The lowest BCUT2D eigenvalue weighted by atomic mass is 9.93. The average molecular weight is 308 g/mol. The molecule has 2 aromatic carbocycles. The fourth-order valence-corrected chi connectivity index (χ4v) is 2.83. The Balaban J connectivity index is 1.92. The van der Waals surface area contributed by atoms with E-state index in [1.807, 2.05) is 12.1 Å². The molecule has 0 fully saturated rings. The molecule has 0 spiro atoms. The zero-order valence-electron chi connectivity index (χ0n) is 11.5. The van der Waals surface area contributed by atoms with Crippen LogP contribution in [-0.2, 0) is 0 Å². The van der Waals surface area contributed by atoms with E-state index in [1.165, 1.54) is 12.1 Å². The summed E-state index contributed by atoms with van der Waals surface area (Å²) in [5.41, 5.74) is 7.76. The third-order valence-corrected chi connectivity index (χ3v) is 3.95. The zero-order valence-corrected chi connectivity index (χ0v) is 12.2. The number of ether oxygens (including phenoxy) is 2. The maximum absolute atomic E-state index is 13.3. The summed E-state index contributed by atoms with van der Waals surface area (Å²) in [5, 5.41) is 0.525. The second-order valence-electron chi connectivity index (χ2n) is 5.02. The third kappa shape index (κ3) is 2.69. The summed E-state index contributed by atoms with van der Waals surface area (Å²) in [4.78, 5) is 0. The van der Waals surface area contributed by atoms with Gasteiger partial charge in [0.1, 0.15) is 23.4 Å². The van der Waals surface area contributed by atoms with Gasteiger partial charge in [0.05, 0.1) is 12.1 Å². The molecule has 0 amide bonds. The van der Waals surface area contributed by atoms with Gasteiger partial charge in [-0.15, -0.1) is 0 Å². The van der Waals surface area contributed by atoms with Crippen LogP contribution in [-0.4, -0.2) is 7.11 Å². The zero-order chi connectivity index (χ0) is 15.0. The molecule has 21 heavy (non-hydrogen) atoms. The molecule has 2 atom stereocenters. The molecule has 1 aliphatic rings. The second-order valence-corrected chi connectivity index (χ2v) is 5.43. The molecule has 5 heteroatoms. The van der Waals surface area contributed by atoms with Crippen LogP contribution in [0, 0.1) is 5.82 Å². The predicted octanol–water partition coefficient (Wildman–Crippen LogP) is 4.01. The van der Waals surface area contributed by atoms with Gasteiger partial charge in [-0.25, -0.2) is 4.39 Å². The van der Waals surface area contributed by atoms with Gasteiger partial charge in [-0.1, -0.05) is 17.7 Å². The molecule has 0 saturated heterocycles. The van der Waals surface area contributed by atoms with Gasteiger partial charge in [0, 0.05) is 18.0 Å². The van der Waals surface area contributed by atoms with Crippen LogP contribution in [0.15, 0.2) is 36.4 Å². The van der Waals surface area contributed by atoms with E-state index in [0.717, 1.165) is 5.56 Å². The highest BCUT2D eigenvalue weighted by Crippen LogP contribution is 2.41. The van der Waals surface area contributed by atoms with E-state index in [9.17, 15) is 4.39 Å². The summed E-state index contributed by atoms with van der Waals surface area (Å²) in [7, 11) is 1.57. The maximum Gasteiger partial charge on any atom is 0.137 e. The van der Waals surface area contributed by atoms with Crippen LogP contribution in [0.4, 0.5) is 4.39 Å². The van der Waals surface area contributed by atoms with Crippen LogP contribution >= 0.6 is 11.6 Å². The lowest BCUT2D eigenvalue weighted by molar-refractivity contribution is 0.161. The van der Waals surface area contributed by atoms with Crippen molar-refractivity contribution in [2.75, 3.05) is 7.11 Å². The Kier molecular flexibility index (Phi) is 3.74. The Morgan fingerprint density at radius 3 is 2.81 bits per heavy atom. The van der Waals surface area contributed by atoms with Crippen molar-refractivity contribution >= 4 is 11.6 Å². The van der Waals surface area contributed by atoms with E-state index in [4.69, 9.17) is 26.8 Å². The predicted molar refractivity (Wildman–Crippen MR) is 79.3 cm³/mol. The second kappa shape index (κ2) is 5.54. The first-order valence-corrected chi connectivity index (χ1v) is 7.01. The first kappa shape index (κ1) is 14.2. The van der Waals surface area contributed by atoms with Gasteiger partial charge in [-0.3, -0.25) is 0 Å². The van der Waals surface area contributed by atoms with Crippen molar-refractivity contribution < 1.29 is 13.9 Å². The molecule has 110 valence electrons. The Hall–Kier alpha value is -1.78. The van der Waals surface area contributed by atoms with Crippen molar-refractivity contribution in [2.45, 2.75) is 18.6 Å². The van der Waals surface area contributed by atoms with Gasteiger partial charge in [0.2, 0.25) is 0 Å². The molecule has 0 saturated carbocycles. The van der Waals surface area contributed by atoms with Crippen molar-refractivity contribution in [1.29, 1.82) is 0 Å². The van der Waals surface area contributed by atoms with E-state index in [2.05, 4.69) is 0 Å². The van der Waals surface area contributed by atoms with Gasteiger partial charge in [-0.2, -0.15) is 0 Å². The van der Waals surface area contributed by atoms with E-state index >= 15 is 0 Å². The summed E-state index contributed by atoms with van der Waals surface area (Å²) in [5.74, 6) is 0.925. The van der Waals surface area contributed by atoms with Gasteiger partial charge >= 0.3 is 0 Å². The largest absolute Gasteiger partial charge is 0.495 e. The van der Waals surface area contributed by atoms with Crippen molar-refractivity contribution in [3.63, 3.8) is 0 Å². The van der Waals surface area contributed by atoms with Gasteiger partial charge in [0.25, 0.3) is 0 Å². The number of fused-ring (bicyclic) bond motifs is 1. The fraction of sp³-hybridized carbons (Fsp3) is 0.250. The van der Waals surface area contributed by atoms with E-state index < -0.39 is 0 Å². The number of methoxy groups -OCH3 is 1. The molecule has 2 aromatic rings. The lowest BCUT2D eigenvalue weighted by Gasteiger charge is -2.30. The van der Waals surface area contributed by atoms with Crippen molar-refractivity contribution in [3.8, 4) is 11.5 Å². The molecule has 0 aliphatic carbocycles. The first-order chi connectivity index (χ1) is 10.1. The Bertz CT molecular complexity index is 677. The van der Waals surface area contributed by atoms with E-state index in [1.54, 1.807) is 19.2 Å². The highest BCUT2D eigenvalue weighted by molar-refractivity contribution is 6.32. The van der Waals surface area contributed by atoms with Crippen LogP contribution in [0.1, 0.15) is 29.7 Å². The minimum atomic E-state index is -0.307. The molecule has 0 aromatic heterocycles. The molecule has 3 nitrogen and oxygen atoms in total. The normalized spacial score (nSPS) is 20.6. The fourth-order valence-electron chi connectivity index (χ4n) is 2.56. The van der Waals surface area contributed by atoms with Crippen molar-refractivity contribution in [2.24, 2.45) is 5.73 Å². The van der Waals surface area contributed by atoms with Crippen LogP contribution in [0.3, 0.4) is 0 Å². The summed E-state index contributed by atoms with van der Waals surface area (Å²) >= 11 is 6.14. The van der Waals surface area contributed by atoms with Gasteiger partial charge < -0.3 is 15.2 Å². The number of nitrogens with two attached hydrogens (primary N) is 1. The van der Waals surface area contributed by atoms with Gasteiger partial charge in [0.15, 0.2) is 0 Å². The summed E-state index contributed by atoms with van der Waals surface area (Å²) < 4.78 is 24.3. The van der Waals surface area contributed by atoms with Crippen LogP contribution < -0.4 is 15.2 Å². The van der Waals surface area contributed by atoms with E-state index in [-0.39, 0.29) is 18.0 Å². The molecule has 3 rings (SSSR count). The van der Waals surface area contributed by atoms with Crippen molar-refractivity contribution in [3.05, 3.63) is 58.4 Å². The average Bonchev–Trinajstić information content (AvgIpc) is 2.47. The quantitative estimate of drug-likeness (QED) is 0.911. The Morgan fingerprint density at radius 1 is 1.29 bits per heavy atom. The highest BCUT2D eigenvalue weighted by Gasteiger charge is 2.27. The van der Waals surface area contributed by atoms with Crippen LogP contribution in [0.2, 0.25) is 5.02 Å². The Morgan fingerprint density at radius 2 is 2.10 bits per heavy atom. The van der Waals surface area contributed by atoms with E-state index in [0.29, 0.717) is 28.5 Å². The number of benzene rings is 2. The number of hydrogen-bond acceptors (Lipinski definition) is 3. The standard InChI is InChI=1S/C16H15ClFNO2/c1-20-15-4-2-9(6-12(15)17)16-8-13(19)11-7-10(18)3-5-14(11)21-16/h2-7,13,16H,8,19H2,1H3/t13-,16?/m0/s1.